The number of hydrogen-bond acceptors (Lipinski definition) is 3. The van der Waals surface area contributed by atoms with Crippen molar-refractivity contribution in [2.45, 2.75) is 38.3 Å². The normalized spacial score (nSPS) is 29.7. The number of aliphatic hydroxyl groups excluding tert-OH is 1. The molecule has 6 nitrogen and oxygen atoms in total. The van der Waals surface area contributed by atoms with Crippen molar-refractivity contribution in [3.05, 3.63) is 0 Å². The minimum absolute atomic E-state index is 0.111. The summed E-state index contributed by atoms with van der Waals surface area (Å²) in [7, 11) is 0. The quantitative estimate of drug-likeness (QED) is 0.747. The lowest BCUT2D eigenvalue weighted by Gasteiger charge is -2.27. The fourth-order valence-corrected chi connectivity index (χ4v) is 2.79. The molecular weight excluding hydrogens is 236 g/mol. The summed E-state index contributed by atoms with van der Waals surface area (Å²) < 4.78 is 0. The summed E-state index contributed by atoms with van der Waals surface area (Å²) in [5, 5.41) is 18.6. The van der Waals surface area contributed by atoms with E-state index in [2.05, 4.69) is 0 Å². The van der Waals surface area contributed by atoms with Crippen LogP contribution in [0.2, 0.25) is 0 Å². The first kappa shape index (κ1) is 13.1. The molecule has 102 valence electrons. The van der Waals surface area contributed by atoms with Gasteiger partial charge in [-0.1, -0.05) is 0 Å². The number of rotatable bonds is 2. The Bertz CT molecular complexity index is 345. The number of urea groups is 1. The number of nitrogens with zero attached hydrogens (tertiary/aromatic N) is 2. The third-order valence-electron chi connectivity index (χ3n) is 3.96. The summed E-state index contributed by atoms with van der Waals surface area (Å²) in [4.78, 5) is 26.4. The van der Waals surface area contributed by atoms with Crippen molar-refractivity contribution in [1.29, 1.82) is 0 Å². The van der Waals surface area contributed by atoms with Crippen LogP contribution in [0.25, 0.3) is 0 Å². The zero-order valence-corrected chi connectivity index (χ0v) is 10.6. The maximum Gasteiger partial charge on any atom is 0.326 e. The van der Waals surface area contributed by atoms with Gasteiger partial charge < -0.3 is 20.0 Å². The zero-order valence-electron chi connectivity index (χ0n) is 10.6. The van der Waals surface area contributed by atoms with Crippen molar-refractivity contribution in [3.8, 4) is 0 Å². The van der Waals surface area contributed by atoms with Crippen LogP contribution in [0.1, 0.15) is 26.2 Å². The van der Waals surface area contributed by atoms with Crippen molar-refractivity contribution in [2.75, 3.05) is 19.6 Å². The first-order valence-corrected chi connectivity index (χ1v) is 6.47. The molecule has 0 aromatic rings. The molecule has 6 heteroatoms. The van der Waals surface area contributed by atoms with E-state index in [1.807, 2.05) is 0 Å². The highest BCUT2D eigenvalue weighted by Gasteiger charge is 2.38. The second-order valence-electron chi connectivity index (χ2n) is 5.21. The van der Waals surface area contributed by atoms with Gasteiger partial charge in [0, 0.05) is 25.6 Å². The van der Waals surface area contributed by atoms with E-state index < -0.39 is 18.1 Å². The van der Waals surface area contributed by atoms with Crippen LogP contribution in [-0.2, 0) is 4.79 Å². The van der Waals surface area contributed by atoms with Crippen LogP contribution in [0.3, 0.4) is 0 Å². The number of hydrogen-bond donors (Lipinski definition) is 2. The van der Waals surface area contributed by atoms with Crippen molar-refractivity contribution in [3.63, 3.8) is 0 Å². The standard InChI is InChI=1S/C12H20N2O4/c1-8(15)9-4-6-13(7-9)12(18)14-5-2-3-10(14)11(16)17/h8-10,15H,2-7H2,1H3,(H,16,17)/t8?,9?,10-/m1/s1. The van der Waals surface area contributed by atoms with Gasteiger partial charge in [0.05, 0.1) is 6.10 Å². The number of likely N-dealkylation sites (tertiary alicyclic amines) is 2. The van der Waals surface area contributed by atoms with Crippen LogP contribution in [0.5, 0.6) is 0 Å². The van der Waals surface area contributed by atoms with Crippen LogP contribution in [0.15, 0.2) is 0 Å². The number of amides is 2. The second-order valence-corrected chi connectivity index (χ2v) is 5.21. The van der Waals surface area contributed by atoms with E-state index in [4.69, 9.17) is 5.11 Å². The van der Waals surface area contributed by atoms with E-state index in [0.29, 0.717) is 26.1 Å². The Morgan fingerprint density at radius 2 is 2.00 bits per heavy atom. The van der Waals surface area contributed by atoms with E-state index in [1.54, 1.807) is 11.8 Å². The second kappa shape index (κ2) is 5.14. The Hall–Kier alpha value is -1.30. The lowest BCUT2D eigenvalue weighted by atomic mass is 10.0. The molecule has 0 aromatic carbocycles. The molecule has 2 aliphatic rings. The Kier molecular flexibility index (Phi) is 3.75. The first-order chi connectivity index (χ1) is 8.50. The average molecular weight is 256 g/mol. The van der Waals surface area contributed by atoms with Crippen LogP contribution in [0, 0.1) is 5.92 Å². The molecule has 2 rings (SSSR count). The Balaban J connectivity index is 1.98. The maximum absolute atomic E-state index is 12.2. The van der Waals surface area contributed by atoms with Gasteiger partial charge in [0.2, 0.25) is 0 Å². The number of carbonyl (C=O) groups excluding carboxylic acids is 1. The minimum atomic E-state index is -0.924. The topological polar surface area (TPSA) is 81.1 Å². The number of carboxylic acid groups (broad SMARTS) is 1. The fourth-order valence-electron chi connectivity index (χ4n) is 2.79. The number of aliphatic hydroxyl groups is 1. The van der Waals surface area contributed by atoms with Gasteiger partial charge in [-0.05, 0) is 26.2 Å². The van der Waals surface area contributed by atoms with E-state index in [0.717, 1.165) is 12.8 Å². The third kappa shape index (κ3) is 2.43. The molecule has 2 N–H and O–H groups in total. The van der Waals surface area contributed by atoms with Crippen molar-refractivity contribution in [1.82, 2.24) is 9.80 Å². The Labute approximate surface area is 106 Å². The summed E-state index contributed by atoms with van der Waals surface area (Å²) in [5.41, 5.74) is 0. The van der Waals surface area contributed by atoms with E-state index >= 15 is 0 Å². The van der Waals surface area contributed by atoms with Gasteiger partial charge >= 0.3 is 12.0 Å². The molecule has 0 aliphatic carbocycles. The van der Waals surface area contributed by atoms with E-state index in [-0.39, 0.29) is 11.9 Å². The highest BCUT2D eigenvalue weighted by molar-refractivity contribution is 5.83. The predicted octanol–water partition coefficient (Wildman–Crippen LogP) is 0.358. The molecule has 0 aromatic heterocycles. The van der Waals surface area contributed by atoms with Crippen molar-refractivity contribution >= 4 is 12.0 Å². The third-order valence-corrected chi connectivity index (χ3v) is 3.96. The van der Waals surface area contributed by atoms with Gasteiger partial charge in [-0.25, -0.2) is 9.59 Å². The van der Waals surface area contributed by atoms with E-state index in [9.17, 15) is 14.7 Å². The van der Waals surface area contributed by atoms with Gasteiger partial charge in [0.1, 0.15) is 6.04 Å². The fraction of sp³-hybridized carbons (Fsp3) is 0.833. The highest BCUT2D eigenvalue weighted by Crippen LogP contribution is 2.24. The molecule has 2 aliphatic heterocycles. The van der Waals surface area contributed by atoms with Crippen molar-refractivity contribution < 1.29 is 19.8 Å². The summed E-state index contributed by atoms with van der Waals surface area (Å²) >= 11 is 0. The monoisotopic (exact) mass is 256 g/mol. The summed E-state index contributed by atoms with van der Waals surface area (Å²) in [6.45, 7) is 3.39. The zero-order chi connectivity index (χ0) is 13.3. The molecule has 0 spiro atoms. The molecule has 3 atom stereocenters. The van der Waals surface area contributed by atoms with Gasteiger partial charge in [0.25, 0.3) is 0 Å². The molecule has 2 fully saturated rings. The number of carboxylic acids is 1. The smallest absolute Gasteiger partial charge is 0.326 e. The van der Waals surface area contributed by atoms with Crippen LogP contribution >= 0.6 is 0 Å². The van der Waals surface area contributed by atoms with Gasteiger partial charge in [0.15, 0.2) is 0 Å². The largest absolute Gasteiger partial charge is 0.480 e. The van der Waals surface area contributed by atoms with Crippen LogP contribution < -0.4 is 0 Å². The summed E-state index contributed by atoms with van der Waals surface area (Å²) in [6.07, 6.45) is 1.65. The van der Waals surface area contributed by atoms with Crippen LogP contribution in [-0.4, -0.2) is 63.8 Å². The SMILES string of the molecule is CC(O)C1CCN(C(=O)N2CCC[C@@H]2C(=O)O)C1. The lowest BCUT2D eigenvalue weighted by Crippen LogP contribution is -2.47. The van der Waals surface area contributed by atoms with Gasteiger partial charge in [-0.2, -0.15) is 0 Å². The summed E-state index contributed by atoms with van der Waals surface area (Å²) in [6, 6.07) is -0.869. The number of carbonyl (C=O) groups is 2. The predicted molar refractivity (Wildman–Crippen MR) is 64.1 cm³/mol. The molecule has 2 unspecified atom stereocenters. The molecule has 0 bridgehead atoms. The van der Waals surface area contributed by atoms with Gasteiger partial charge in [-0.15, -0.1) is 0 Å². The molecule has 2 heterocycles. The molecule has 0 radical (unpaired) electrons. The Morgan fingerprint density at radius 3 is 2.56 bits per heavy atom. The summed E-state index contributed by atoms with van der Waals surface area (Å²) in [5.74, 6) is -0.813. The minimum Gasteiger partial charge on any atom is -0.480 e. The average Bonchev–Trinajstić information content (AvgIpc) is 2.97. The van der Waals surface area contributed by atoms with E-state index in [1.165, 1.54) is 4.90 Å². The number of aliphatic carboxylic acids is 1. The Morgan fingerprint density at radius 1 is 1.28 bits per heavy atom. The van der Waals surface area contributed by atoms with Crippen molar-refractivity contribution in [2.24, 2.45) is 5.92 Å². The maximum atomic E-state index is 12.2. The molecule has 2 amide bonds. The lowest BCUT2D eigenvalue weighted by molar-refractivity contribution is -0.141. The molecule has 2 saturated heterocycles. The molecular formula is C12H20N2O4. The highest BCUT2D eigenvalue weighted by atomic mass is 16.4. The van der Waals surface area contributed by atoms with Crippen LogP contribution in [0.4, 0.5) is 4.79 Å². The first-order valence-electron chi connectivity index (χ1n) is 6.47. The van der Waals surface area contributed by atoms with Gasteiger partial charge in [-0.3, -0.25) is 0 Å². The molecule has 18 heavy (non-hydrogen) atoms. The molecule has 0 saturated carbocycles.